The lowest BCUT2D eigenvalue weighted by Crippen LogP contribution is -2.40. The van der Waals surface area contributed by atoms with Crippen LogP contribution in [0.1, 0.15) is 21.6 Å². The van der Waals surface area contributed by atoms with Gasteiger partial charge >= 0.3 is 0 Å². The van der Waals surface area contributed by atoms with Crippen molar-refractivity contribution in [2.45, 2.75) is 19.1 Å². The summed E-state index contributed by atoms with van der Waals surface area (Å²) in [5, 5.41) is 0. The molecule has 3 aromatic rings. The molecule has 0 bridgehead atoms. The number of benzene rings is 2. The van der Waals surface area contributed by atoms with E-state index in [1.54, 1.807) is 41.4 Å². The van der Waals surface area contributed by atoms with E-state index in [0.29, 0.717) is 25.1 Å². The van der Waals surface area contributed by atoms with E-state index < -0.39 is 6.10 Å². The van der Waals surface area contributed by atoms with E-state index in [4.69, 9.17) is 4.74 Å². The third-order valence-corrected chi connectivity index (χ3v) is 5.59. The number of nitrogens with zero attached hydrogens (tertiary/aromatic N) is 3. The van der Waals surface area contributed by atoms with Crippen LogP contribution in [0.4, 0.5) is 4.39 Å². The van der Waals surface area contributed by atoms with Crippen LogP contribution in [0.15, 0.2) is 79.0 Å². The number of hydrogen-bond donors (Lipinski definition) is 0. The topological polar surface area (TPSA) is 62.7 Å². The highest BCUT2D eigenvalue weighted by Crippen LogP contribution is 2.15. The zero-order valence-electron chi connectivity index (χ0n) is 18.3. The number of rotatable bonds is 7. The zero-order chi connectivity index (χ0) is 23.0. The molecule has 0 N–H and O–H groups in total. The maximum absolute atomic E-state index is 13.6. The van der Waals surface area contributed by atoms with Crippen molar-refractivity contribution < 1.29 is 18.7 Å². The highest BCUT2D eigenvalue weighted by atomic mass is 19.1. The summed E-state index contributed by atoms with van der Waals surface area (Å²) in [5.41, 5.74) is 2.11. The molecule has 1 fully saturated rings. The number of halogens is 1. The van der Waals surface area contributed by atoms with Gasteiger partial charge in [0.2, 0.25) is 5.91 Å². The maximum Gasteiger partial charge on any atom is 0.273 e. The summed E-state index contributed by atoms with van der Waals surface area (Å²) >= 11 is 0. The standard InChI is InChI=1S/C26H26FN3O3/c27-22-10-6-9-21(15-22)19-33-23-16-29(14-12-20-7-2-1-3-8-20)25(31)18-30(17-23)26(32)24-11-4-5-13-28-24/h1-11,13,15,23H,12,14,16-19H2/t23-/m0/s1. The molecule has 1 aliphatic rings. The molecule has 0 spiro atoms. The first-order chi connectivity index (χ1) is 16.1. The predicted octanol–water partition coefficient (Wildman–Crippen LogP) is 3.33. The smallest absolute Gasteiger partial charge is 0.273 e. The van der Waals surface area contributed by atoms with Gasteiger partial charge in [-0.05, 0) is 41.8 Å². The molecule has 170 valence electrons. The number of hydrogen-bond acceptors (Lipinski definition) is 4. The lowest BCUT2D eigenvalue weighted by molar-refractivity contribution is -0.131. The van der Waals surface area contributed by atoms with Crippen molar-refractivity contribution in [3.63, 3.8) is 0 Å². The van der Waals surface area contributed by atoms with Gasteiger partial charge in [-0.2, -0.15) is 0 Å². The monoisotopic (exact) mass is 447 g/mol. The quantitative estimate of drug-likeness (QED) is 0.557. The Kier molecular flexibility index (Phi) is 7.42. The summed E-state index contributed by atoms with van der Waals surface area (Å²) in [6.07, 6.45) is 1.84. The van der Waals surface area contributed by atoms with Crippen LogP contribution < -0.4 is 0 Å². The summed E-state index contributed by atoms with van der Waals surface area (Å²) < 4.78 is 19.6. The Morgan fingerprint density at radius 3 is 2.55 bits per heavy atom. The molecule has 7 heteroatoms. The van der Waals surface area contributed by atoms with Gasteiger partial charge in [0.25, 0.3) is 5.91 Å². The average Bonchev–Trinajstić information content (AvgIpc) is 3.00. The van der Waals surface area contributed by atoms with Crippen LogP contribution in [0.2, 0.25) is 0 Å². The third kappa shape index (κ3) is 6.23. The second kappa shape index (κ2) is 10.8. The Labute approximate surface area is 192 Å². The van der Waals surface area contributed by atoms with Crippen LogP contribution in [0, 0.1) is 5.82 Å². The van der Waals surface area contributed by atoms with Crippen LogP contribution in [-0.2, 0) is 22.6 Å². The van der Waals surface area contributed by atoms with Crippen molar-refractivity contribution in [1.29, 1.82) is 0 Å². The molecular weight excluding hydrogens is 421 g/mol. The van der Waals surface area contributed by atoms with Gasteiger partial charge in [-0.15, -0.1) is 0 Å². The van der Waals surface area contributed by atoms with Gasteiger partial charge in [0.05, 0.1) is 12.7 Å². The molecule has 2 aromatic carbocycles. The van der Waals surface area contributed by atoms with E-state index in [0.717, 1.165) is 5.56 Å². The molecule has 1 aromatic heterocycles. The van der Waals surface area contributed by atoms with E-state index in [-0.39, 0.29) is 43.0 Å². The average molecular weight is 448 g/mol. The third-order valence-electron chi connectivity index (χ3n) is 5.59. The molecule has 2 heterocycles. The molecule has 6 nitrogen and oxygen atoms in total. The van der Waals surface area contributed by atoms with Crippen molar-refractivity contribution in [1.82, 2.24) is 14.8 Å². The van der Waals surface area contributed by atoms with Crippen molar-refractivity contribution >= 4 is 11.8 Å². The first kappa shape index (κ1) is 22.6. The lowest BCUT2D eigenvalue weighted by atomic mass is 10.1. The van der Waals surface area contributed by atoms with Gasteiger partial charge in [0.1, 0.15) is 18.1 Å². The number of carbonyl (C=O) groups is 2. The van der Waals surface area contributed by atoms with E-state index in [9.17, 15) is 14.0 Å². The summed E-state index contributed by atoms with van der Waals surface area (Å²) in [6.45, 7) is 1.28. The van der Waals surface area contributed by atoms with Gasteiger partial charge in [-0.3, -0.25) is 14.6 Å². The summed E-state index contributed by atoms with van der Waals surface area (Å²) in [5.74, 6) is -0.774. The van der Waals surface area contributed by atoms with Crippen LogP contribution in [0.25, 0.3) is 0 Å². The molecule has 0 saturated carbocycles. The highest BCUT2D eigenvalue weighted by Gasteiger charge is 2.31. The second-order valence-corrected chi connectivity index (χ2v) is 8.04. The maximum atomic E-state index is 13.6. The van der Waals surface area contributed by atoms with Crippen LogP contribution in [-0.4, -0.2) is 58.9 Å². The first-order valence-electron chi connectivity index (χ1n) is 11.0. The molecule has 1 aliphatic heterocycles. The van der Waals surface area contributed by atoms with E-state index in [1.165, 1.54) is 17.0 Å². The molecular formula is C26H26FN3O3. The number of pyridine rings is 1. The van der Waals surface area contributed by atoms with Gasteiger partial charge < -0.3 is 14.5 Å². The predicted molar refractivity (Wildman–Crippen MR) is 122 cm³/mol. The Balaban J connectivity index is 1.49. The molecule has 0 aliphatic carbocycles. The highest BCUT2D eigenvalue weighted by molar-refractivity contribution is 5.95. The Morgan fingerprint density at radius 2 is 1.79 bits per heavy atom. The fourth-order valence-corrected chi connectivity index (χ4v) is 3.86. The number of ether oxygens (including phenoxy) is 1. The van der Waals surface area contributed by atoms with Crippen LogP contribution >= 0.6 is 0 Å². The van der Waals surface area contributed by atoms with Gasteiger partial charge in [-0.1, -0.05) is 48.5 Å². The molecule has 4 rings (SSSR count). The zero-order valence-corrected chi connectivity index (χ0v) is 18.3. The van der Waals surface area contributed by atoms with Crippen molar-refractivity contribution in [2.24, 2.45) is 0 Å². The SMILES string of the molecule is O=C1CN(C(=O)c2ccccn2)C[C@@H](OCc2cccc(F)c2)CN1CCc1ccccc1. The fraction of sp³-hybridized carbons (Fsp3) is 0.269. The normalized spacial score (nSPS) is 16.5. The summed E-state index contributed by atoms with van der Waals surface area (Å²) in [6, 6.07) is 21.3. The minimum absolute atomic E-state index is 0.0377. The van der Waals surface area contributed by atoms with Gasteiger partial charge in [0, 0.05) is 25.8 Å². The Morgan fingerprint density at radius 1 is 1.00 bits per heavy atom. The van der Waals surface area contributed by atoms with Crippen molar-refractivity contribution in [2.75, 3.05) is 26.2 Å². The minimum Gasteiger partial charge on any atom is -0.370 e. The molecule has 1 saturated heterocycles. The van der Waals surface area contributed by atoms with Gasteiger partial charge in [-0.25, -0.2) is 4.39 Å². The Bertz CT molecular complexity index is 1080. The second-order valence-electron chi connectivity index (χ2n) is 8.04. The summed E-state index contributed by atoms with van der Waals surface area (Å²) in [4.78, 5) is 33.5. The molecule has 0 radical (unpaired) electrons. The lowest BCUT2D eigenvalue weighted by Gasteiger charge is -2.25. The minimum atomic E-state index is -0.414. The van der Waals surface area contributed by atoms with Crippen LogP contribution in [0.5, 0.6) is 0 Å². The number of carbonyl (C=O) groups excluding carboxylic acids is 2. The van der Waals surface area contributed by atoms with Crippen molar-refractivity contribution in [3.8, 4) is 0 Å². The largest absolute Gasteiger partial charge is 0.370 e. The number of aromatic nitrogens is 1. The first-order valence-corrected chi connectivity index (χ1v) is 11.0. The van der Waals surface area contributed by atoms with E-state index in [1.807, 2.05) is 30.3 Å². The number of amides is 2. The van der Waals surface area contributed by atoms with Crippen molar-refractivity contribution in [3.05, 3.63) is 102 Å². The molecule has 0 unspecified atom stereocenters. The van der Waals surface area contributed by atoms with Crippen LogP contribution in [0.3, 0.4) is 0 Å². The van der Waals surface area contributed by atoms with E-state index in [2.05, 4.69) is 4.98 Å². The molecule has 1 atom stereocenters. The fourth-order valence-electron chi connectivity index (χ4n) is 3.86. The Hall–Kier alpha value is -3.58. The summed E-state index contributed by atoms with van der Waals surface area (Å²) in [7, 11) is 0. The molecule has 33 heavy (non-hydrogen) atoms. The molecule has 2 amide bonds. The van der Waals surface area contributed by atoms with Gasteiger partial charge in [0.15, 0.2) is 0 Å². The van der Waals surface area contributed by atoms with E-state index >= 15 is 0 Å².